The lowest BCUT2D eigenvalue weighted by Gasteiger charge is -2.29. The van der Waals surface area contributed by atoms with Crippen LogP contribution in [0, 0.1) is 5.21 Å². The number of fused-ring (bicyclic) bond motifs is 1. The zero-order valence-electron chi connectivity index (χ0n) is 11.5. The molecule has 4 nitrogen and oxygen atoms in total. The zero-order valence-corrected chi connectivity index (χ0v) is 11.5. The maximum Gasteiger partial charge on any atom is 0.154 e. The summed E-state index contributed by atoms with van der Waals surface area (Å²) >= 11 is 0. The molecule has 3 rings (SSSR count). The van der Waals surface area contributed by atoms with Gasteiger partial charge in [0, 0.05) is 0 Å². The second-order valence-electron chi connectivity index (χ2n) is 4.56. The van der Waals surface area contributed by atoms with Crippen LogP contribution >= 0.6 is 0 Å². The molecule has 4 heteroatoms. The van der Waals surface area contributed by atoms with Gasteiger partial charge in [-0.2, -0.15) is 0 Å². The molecule has 0 fully saturated rings. The molecule has 0 amide bonds. The highest BCUT2D eigenvalue weighted by molar-refractivity contribution is 5.87. The first-order valence-corrected chi connectivity index (χ1v) is 6.54. The lowest BCUT2D eigenvalue weighted by atomic mass is 10.1. The number of benzene rings is 3. The second-order valence-corrected chi connectivity index (χ2v) is 4.56. The second kappa shape index (κ2) is 5.73. The Morgan fingerprint density at radius 2 is 1.52 bits per heavy atom. The van der Waals surface area contributed by atoms with Crippen LogP contribution in [0.5, 0.6) is 11.5 Å². The smallest absolute Gasteiger partial charge is 0.154 e. The predicted octanol–water partition coefficient (Wildman–Crippen LogP) is 4.15. The molecule has 0 saturated carbocycles. The number of para-hydroxylation sites is 1. The standard InChI is InChI=1S/C17H14NO3/c1-20-17-10-8-13-11-15(9-7-14(13)12-17)18(19)21-16-5-3-2-4-6-16/h2-12H,1H3/q-1. The van der Waals surface area contributed by atoms with Gasteiger partial charge in [-0.05, 0) is 47.2 Å². The summed E-state index contributed by atoms with van der Waals surface area (Å²) in [6.45, 7) is 0. The summed E-state index contributed by atoms with van der Waals surface area (Å²) in [5.74, 6) is 1.29. The van der Waals surface area contributed by atoms with Gasteiger partial charge >= 0.3 is 0 Å². The summed E-state index contributed by atoms with van der Waals surface area (Å²) in [6.07, 6.45) is 0. The molecule has 106 valence electrons. The van der Waals surface area contributed by atoms with Crippen molar-refractivity contribution in [2.75, 3.05) is 12.3 Å². The summed E-state index contributed by atoms with van der Waals surface area (Å²) in [5.41, 5.74) is 0.441. The summed E-state index contributed by atoms with van der Waals surface area (Å²) in [7, 11) is 1.63. The maximum atomic E-state index is 12.1. The Morgan fingerprint density at radius 3 is 2.29 bits per heavy atom. The number of anilines is 1. The molecule has 0 aliphatic rings. The Bertz CT molecular complexity index is 743. The minimum atomic E-state index is 0.441. The maximum absolute atomic E-state index is 12.1. The Kier molecular flexibility index (Phi) is 3.62. The lowest BCUT2D eigenvalue weighted by Crippen LogP contribution is -2.19. The van der Waals surface area contributed by atoms with E-state index in [0.29, 0.717) is 16.7 Å². The molecule has 0 aliphatic heterocycles. The van der Waals surface area contributed by atoms with Crippen LogP contribution in [0.1, 0.15) is 0 Å². The van der Waals surface area contributed by atoms with Gasteiger partial charge in [0.1, 0.15) is 5.75 Å². The molecule has 0 radical (unpaired) electrons. The van der Waals surface area contributed by atoms with Crippen LogP contribution in [-0.2, 0) is 0 Å². The van der Waals surface area contributed by atoms with Crippen molar-refractivity contribution in [3.8, 4) is 11.5 Å². The van der Waals surface area contributed by atoms with E-state index in [2.05, 4.69) is 0 Å². The number of hydrogen-bond donors (Lipinski definition) is 0. The minimum absolute atomic E-state index is 0.441. The summed E-state index contributed by atoms with van der Waals surface area (Å²) < 4.78 is 5.18. The molecule has 0 unspecified atom stereocenters. The third-order valence-electron chi connectivity index (χ3n) is 3.17. The number of nitrogens with zero attached hydrogens (tertiary/aromatic N) is 1. The third-order valence-corrected chi connectivity index (χ3v) is 3.17. The highest BCUT2D eigenvalue weighted by Crippen LogP contribution is 2.26. The molecule has 0 saturated heterocycles. The first-order valence-electron chi connectivity index (χ1n) is 6.54. The van der Waals surface area contributed by atoms with Crippen molar-refractivity contribution in [3.63, 3.8) is 0 Å². The highest BCUT2D eigenvalue weighted by Gasteiger charge is 2.02. The molecule has 0 spiro atoms. The van der Waals surface area contributed by atoms with Crippen LogP contribution in [-0.4, -0.2) is 7.11 Å². The van der Waals surface area contributed by atoms with Crippen molar-refractivity contribution < 1.29 is 9.57 Å². The van der Waals surface area contributed by atoms with Gasteiger partial charge in [-0.15, -0.1) is 0 Å². The zero-order chi connectivity index (χ0) is 14.7. The molecule has 21 heavy (non-hydrogen) atoms. The first-order chi connectivity index (χ1) is 10.3. The van der Waals surface area contributed by atoms with Crippen LogP contribution in [0.2, 0.25) is 0 Å². The van der Waals surface area contributed by atoms with Gasteiger partial charge in [0.05, 0.1) is 12.8 Å². The van der Waals surface area contributed by atoms with Crippen molar-refractivity contribution in [2.24, 2.45) is 0 Å². The van der Waals surface area contributed by atoms with Gasteiger partial charge in [-0.25, -0.2) is 0 Å². The molecule has 0 atom stereocenters. The van der Waals surface area contributed by atoms with Crippen LogP contribution in [0.3, 0.4) is 0 Å². The van der Waals surface area contributed by atoms with Crippen LogP contribution in [0.4, 0.5) is 5.69 Å². The molecule has 3 aromatic rings. The largest absolute Gasteiger partial charge is 0.724 e. The van der Waals surface area contributed by atoms with Gasteiger partial charge in [-0.1, -0.05) is 30.3 Å². The van der Waals surface area contributed by atoms with Crippen molar-refractivity contribution >= 4 is 16.5 Å². The van der Waals surface area contributed by atoms with E-state index in [-0.39, 0.29) is 0 Å². The number of rotatable bonds is 4. The van der Waals surface area contributed by atoms with Gasteiger partial charge in [0.25, 0.3) is 0 Å². The Hall–Kier alpha value is -2.72. The Morgan fingerprint density at radius 1 is 0.810 bits per heavy atom. The number of methoxy groups -OCH3 is 1. The van der Waals surface area contributed by atoms with Gasteiger partial charge < -0.3 is 14.8 Å². The van der Waals surface area contributed by atoms with E-state index >= 15 is 0 Å². The minimum Gasteiger partial charge on any atom is -0.724 e. The normalized spacial score (nSPS) is 10.4. The van der Waals surface area contributed by atoms with Crippen LogP contribution < -0.4 is 14.8 Å². The topological polar surface area (TPSA) is 44.8 Å². The third kappa shape index (κ3) is 2.90. The van der Waals surface area contributed by atoms with E-state index in [0.717, 1.165) is 16.5 Å². The summed E-state index contributed by atoms with van der Waals surface area (Å²) in [6, 6.07) is 20.0. The Labute approximate surface area is 122 Å². The fourth-order valence-electron chi connectivity index (χ4n) is 2.08. The van der Waals surface area contributed by atoms with E-state index in [9.17, 15) is 5.21 Å². The molecular weight excluding hydrogens is 266 g/mol. The fraction of sp³-hybridized carbons (Fsp3) is 0.0588. The SMILES string of the molecule is COc1ccc2cc(N([O-])Oc3ccccc3)ccc2c1. The van der Waals surface area contributed by atoms with E-state index in [1.54, 1.807) is 31.4 Å². The molecule has 3 aromatic carbocycles. The Balaban J connectivity index is 1.86. The summed E-state index contributed by atoms with van der Waals surface area (Å²) in [5, 5.41) is 14.5. The predicted molar refractivity (Wildman–Crippen MR) is 83.4 cm³/mol. The summed E-state index contributed by atoms with van der Waals surface area (Å²) in [4.78, 5) is 5.25. The highest BCUT2D eigenvalue weighted by atomic mass is 16.9. The molecule has 0 bridgehead atoms. The van der Waals surface area contributed by atoms with Crippen molar-refractivity contribution in [1.29, 1.82) is 0 Å². The van der Waals surface area contributed by atoms with E-state index < -0.39 is 0 Å². The fourth-order valence-corrected chi connectivity index (χ4v) is 2.08. The molecule has 0 heterocycles. The van der Waals surface area contributed by atoms with Gasteiger partial charge in [-0.3, -0.25) is 5.23 Å². The van der Waals surface area contributed by atoms with E-state index in [1.807, 2.05) is 42.5 Å². The van der Waals surface area contributed by atoms with Crippen LogP contribution in [0.25, 0.3) is 10.8 Å². The van der Waals surface area contributed by atoms with Crippen molar-refractivity contribution in [1.82, 2.24) is 0 Å². The molecule has 0 aliphatic carbocycles. The average Bonchev–Trinajstić information content (AvgIpc) is 2.54. The monoisotopic (exact) mass is 280 g/mol. The molecule has 0 N–H and O–H groups in total. The molecular formula is C17H14NO3-. The first kappa shape index (κ1) is 13.3. The van der Waals surface area contributed by atoms with E-state index in [4.69, 9.17) is 9.57 Å². The molecule has 0 aromatic heterocycles. The van der Waals surface area contributed by atoms with Gasteiger partial charge in [0.15, 0.2) is 5.75 Å². The van der Waals surface area contributed by atoms with E-state index in [1.165, 1.54) is 0 Å². The average molecular weight is 280 g/mol. The quantitative estimate of drug-likeness (QED) is 0.673. The number of hydrogen-bond acceptors (Lipinski definition) is 4. The number of ether oxygens (including phenoxy) is 1. The van der Waals surface area contributed by atoms with Crippen molar-refractivity contribution in [3.05, 3.63) is 71.9 Å². The van der Waals surface area contributed by atoms with Crippen LogP contribution in [0.15, 0.2) is 66.7 Å². The van der Waals surface area contributed by atoms with Gasteiger partial charge in [0.2, 0.25) is 0 Å². The lowest BCUT2D eigenvalue weighted by molar-refractivity contribution is 0.320. The van der Waals surface area contributed by atoms with Crippen molar-refractivity contribution in [2.45, 2.75) is 0 Å².